The van der Waals surface area contributed by atoms with Crippen molar-refractivity contribution < 1.29 is 9.53 Å². The molecular formula is C22H26N6O2. The molecule has 0 bridgehead atoms. The second-order valence-electron chi connectivity index (χ2n) is 7.23. The van der Waals surface area contributed by atoms with Gasteiger partial charge in [0, 0.05) is 51.8 Å². The number of rotatable bonds is 8. The predicted molar refractivity (Wildman–Crippen MR) is 112 cm³/mol. The Hall–Kier alpha value is -3.26. The molecule has 156 valence electrons. The summed E-state index contributed by atoms with van der Waals surface area (Å²) in [5, 5.41) is 11.6. The van der Waals surface area contributed by atoms with Gasteiger partial charge in [-0.1, -0.05) is 24.3 Å². The standard InChI is InChI=1S/C22H26N6O2/c29-22(17-30-19-7-2-1-3-8-19)24-12-9-20-25-26-21-10-13-27(14-15-28(20)21)16-18-6-4-5-11-23-18/h1-8,11H,9-10,12-17H2,(H,24,29). The third-order valence-corrected chi connectivity index (χ3v) is 5.09. The van der Waals surface area contributed by atoms with Crippen LogP contribution in [0.25, 0.3) is 0 Å². The van der Waals surface area contributed by atoms with Crippen LogP contribution >= 0.6 is 0 Å². The first kappa shape index (κ1) is 20.0. The molecule has 1 aliphatic rings. The molecule has 1 aliphatic heterocycles. The zero-order chi connectivity index (χ0) is 20.6. The summed E-state index contributed by atoms with van der Waals surface area (Å²) >= 11 is 0. The molecule has 0 unspecified atom stereocenters. The van der Waals surface area contributed by atoms with Gasteiger partial charge in [-0.2, -0.15) is 0 Å². The molecule has 8 nitrogen and oxygen atoms in total. The van der Waals surface area contributed by atoms with Crippen molar-refractivity contribution in [3.05, 3.63) is 72.1 Å². The summed E-state index contributed by atoms with van der Waals surface area (Å²) in [6, 6.07) is 15.3. The molecule has 0 saturated heterocycles. The van der Waals surface area contributed by atoms with Crippen LogP contribution in [-0.2, 0) is 30.7 Å². The molecule has 0 atom stereocenters. The predicted octanol–water partition coefficient (Wildman–Crippen LogP) is 1.47. The third-order valence-electron chi connectivity index (χ3n) is 5.09. The normalized spacial score (nSPS) is 14.0. The van der Waals surface area contributed by atoms with Gasteiger partial charge < -0.3 is 14.6 Å². The van der Waals surface area contributed by atoms with Crippen molar-refractivity contribution in [2.24, 2.45) is 0 Å². The van der Waals surface area contributed by atoms with Gasteiger partial charge in [-0.3, -0.25) is 14.7 Å². The molecule has 3 aromatic rings. The van der Waals surface area contributed by atoms with Gasteiger partial charge in [0.1, 0.15) is 17.4 Å². The lowest BCUT2D eigenvalue weighted by Gasteiger charge is -2.18. The van der Waals surface area contributed by atoms with Crippen LogP contribution in [0.3, 0.4) is 0 Å². The van der Waals surface area contributed by atoms with Crippen LogP contribution in [0.1, 0.15) is 17.3 Å². The van der Waals surface area contributed by atoms with Gasteiger partial charge in [-0.25, -0.2) is 0 Å². The SMILES string of the molecule is O=C(COc1ccccc1)NCCc1nnc2n1CCN(Cc1ccccn1)CC2. The van der Waals surface area contributed by atoms with Gasteiger partial charge >= 0.3 is 0 Å². The fourth-order valence-corrected chi connectivity index (χ4v) is 3.52. The highest BCUT2D eigenvalue weighted by atomic mass is 16.5. The zero-order valence-corrected chi connectivity index (χ0v) is 16.9. The maximum absolute atomic E-state index is 12.0. The molecule has 0 fully saturated rings. The molecule has 0 saturated carbocycles. The van der Waals surface area contributed by atoms with E-state index in [4.69, 9.17) is 4.74 Å². The van der Waals surface area contributed by atoms with E-state index in [0.29, 0.717) is 18.7 Å². The number of ether oxygens (including phenoxy) is 1. The monoisotopic (exact) mass is 406 g/mol. The van der Waals surface area contributed by atoms with Crippen molar-refractivity contribution in [1.82, 2.24) is 30.0 Å². The van der Waals surface area contributed by atoms with Crippen LogP contribution in [0.15, 0.2) is 54.7 Å². The van der Waals surface area contributed by atoms with Crippen LogP contribution in [-0.4, -0.2) is 56.8 Å². The number of benzene rings is 1. The molecule has 1 aromatic carbocycles. The number of hydrogen-bond acceptors (Lipinski definition) is 6. The summed E-state index contributed by atoms with van der Waals surface area (Å²) in [7, 11) is 0. The van der Waals surface area contributed by atoms with E-state index in [0.717, 1.165) is 49.9 Å². The topological polar surface area (TPSA) is 85.2 Å². The first-order valence-electron chi connectivity index (χ1n) is 10.3. The Morgan fingerprint density at radius 2 is 1.90 bits per heavy atom. The lowest BCUT2D eigenvalue weighted by atomic mass is 10.3. The lowest BCUT2D eigenvalue weighted by molar-refractivity contribution is -0.123. The number of amides is 1. The maximum Gasteiger partial charge on any atom is 0.257 e. The number of pyridine rings is 1. The summed E-state index contributed by atoms with van der Waals surface area (Å²) in [4.78, 5) is 18.8. The Balaban J connectivity index is 1.23. The molecule has 4 rings (SSSR count). The molecular weight excluding hydrogens is 380 g/mol. The average molecular weight is 406 g/mol. The molecule has 0 aliphatic carbocycles. The van der Waals surface area contributed by atoms with Crippen molar-refractivity contribution in [2.75, 3.05) is 26.2 Å². The fraction of sp³-hybridized carbons (Fsp3) is 0.364. The molecule has 0 radical (unpaired) electrons. The van der Waals surface area contributed by atoms with Gasteiger partial charge in [0.25, 0.3) is 5.91 Å². The average Bonchev–Trinajstić information content (AvgIpc) is 3.06. The van der Waals surface area contributed by atoms with Crippen molar-refractivity contribution in [3.63, 3.8) is 0 Å². The molecule has 1 amide bonds. The number of para-hydroxylation sites is 1. The second-order valence-corrected chi connectivity index (χ2v) is 7.23. The summed E-state index contributed by atoms with van der Waals surface area (Å²) in [5.41, 5.74) is 1.08. The van der Waals surface area contributed by atoms with Gasteiger partial charge in [-0.15, -0.1) is 10.2 Å². The van der Waals surface area contributed by atoms with E-state index in [2.05, 4.69) is 36.0 Å². The van der Waals surface area contributed by atoms with E-state index in [1.165, 1.54) is 0 Å². The van der Waals surface area contributed by atoms with Gasteiger partial charge in [-0.05, 0) is 24.3 Å². The van der Waals surface area contributed by atoms with E-state index in [9.17, 15) is 4.79 Å². The van der Waals surface area contributed by atoms with Crippen LogP contribution < -0.4 is 10.1 Å². The molecule has 2 aromatic heterocycles. The van der Waals surface area contributed by atoms with E-state index in [1.807, 2.05) is 48.7 Å². The van der Waals surface area contributed by atoms with Crippen molar-refractivity contribution in [2.45, 2.75) is 25.9 Å². The highest BCUT2D eigenvalue weighted by Crippen LogP contribution is 2.12. The van der Waals surface area contributed by atoms with Crippen LogP contribution in [0, 0.1) is 0 Å². The van der Waals surface area contributed by atoms with Crippen molar-refractivity contribution in [1.29, 1.82) is 0 Å². The quantitative estimate of drug-likeness (QED) is 0.610. The van der Waals surface area contributed by atoms with Crippen molar-refractivity contribution in [3.8, 4) is 5.75 Å². The number of carbonyl (C=O) groups excluding carboxylic acids is 1. The van der Waals surface area contributed by atoms with Gasteiger partial charge in [0.2, 0.25) is 0 Å². The van der Waals surface area contributed by atoms with Crippen LogP contribution in [0.2, 0.25) is 0 Å². The summed E-state index contributed by atoms with van der Waals surface area (Å²) < 4.78 is 7.65. The molecule has 8 heteroatoms. The smallest absolute Gasteiger partial charge is 0.257 e. The first-order chi connectivity index (χ1) is 14.8. The number of aromatic nitrogens is 4. The Morgan fingerprint density at radius 3 is 2.73 bits per heavy atom. The Morgan fingerprint density at radius 1 is 1.03 bits per heavy atom. The van der Waals surface area contributed by atoms with Crippen LogP contribution in [0.5, 0.6) is 5.75 Å². The van der Waals surface area contributed by atoms with E-state index in [-0.39, 0.29) is 12.5 Å². The summed E-state index contributed by atoms with van der Waals surface area (Å²) in [6.45, 7) is 4.05. The number of hydrogen-bond donors (Lipinski definition) is 1. The van der Waals surface area contributed by atoms with E-state index in [1.54, 1.807) is 0 Å². The maximum atomic E-state index is 12.0. The van der Waals surface area contributed by atoms with E-state index >= 15 is 0 Å². The largest absolute Gasteiger partial charge is 0.484 e. The zero-order valence-electron chi connectivity index (χ0n) is 16.9. The fourth-order valence-electron chi connectivity index (χ4n) is 3.52. The van der Waals surface area contributed by atoms with Gasteiger partial charge in [0.05, 0.1) is 5.69 Å². The Kier molecular flexibility index (Phi) is 6.66. The molecule has 0 spiro atoms. The number of carbonyl (C=O) groups is 1. The van der Waals surface area contributed by atoms with Crippen LogP contribution in [0.4, 0.5) is 0 Å². The number of nitrogens with zero attached hydrogens (tertiary/aromatic N) is 5. The molecule has 30 heavy (non-hydrogen) atoms. The van der Waals surface area contributed by atoms with Crippen molar-refractivity contribution >= 4 is 5.91 Å². The number of nitrogens with one attached hydrogen (secondary N) is 1. The summed E-state index contributed by atoms with van der Waals surface area (Å²) in [6.07, 6.45) is 3.33. The highest BCUT2D eigenvalue weighted by Gasteiger charge is 2.19. The lowest BCUT2D eigenvalue weighted by Crippen LogP contribution is -2.31. The minimum Gasteiger partial charge on any atom is -0.484 e. The first-order valence-corrected chi connectivity index (χ1v) is 10.3. The minimum absolute atomic E-state index is 0.00440. The molecule has 1 N–H and O–H groups in total. The third kappa shape index (κ3) is 5.42. The highest BCUT2D eigenvalue weighted by molar-refractivity contribution is 5.77. The minimum atomic E-state index is -0.143. The second kappa shape index (κ2) is 9.98. The van der Waals surface area contributed by atoms with E-state index < -0.39 is 0 Å². The summed E-state index contributed by atoms with van der Waals surface area (Å²) in [5.74, 6) is 2.46. The Labute approximate surface area is 175 Å². The Bertz CT molecular complexity index is 945. The number of fused-ring (bicyclic) bond motifs is 1. The molecule has 3 heterocycles. The van der Waals surface area contributed by atoms with Gasteiger partial charge in [0.15, 0.2) is 6.61 Å².